The fraction of sp³-hybridized carbons (Fsp3) is 0.588. The fourth-order valence-electron chi connectivity index (χ4n) is 3.34. The standard InChI is InChI=1S/C17H25N3O/c1-12(2)10-20(13-6-3-4-7-13)11-16-19-17-14(18)8-5-9-15(17)21-16/h5,8-9,12-13H,3-4,6-7,10-11,18H2,1-2H3. The van der Waals surface area contributed by atoms with Crippen LogP contribution in [0.1, 0.15) is 45.4 Å². The summed E-state index contributed by atoms with van der Waals surface area (Å²) in [6, 6.07) is 6.40. The van der Waals surface area contributed by atoms with Crippen molar-refractivity contribution in [2.24, 2.45) is 5.92 Å². The lowest BCUT2D eigenvalue weighted by molar-refractivity contribution is 0.155. The van der Waals surface area contributed by atoms with E-state index < -0.39 is 0 Å². The second-order valence-electron chi connectivity index (χ2n) is 6.56. The van der Waals surface area contributed by atoms with Gasteiger partial charge in [0.15, 0.2) is 5.58 Å². The topological polar surface area (TPSA) is 55.3 Å². The maximum absolute atomic E-state index is 5.97. The lowest BCUT2D eigenvalue weighted by Gasteiger charge is -2.29. The van der Waals surface area contributed by atoms with Crippen molar-refractivity contribution in [3.05, 3.63) is 24.1 Å². The fourth-order valence-corrected chi connectivity index (χ4v) is 3.34. The number of nitrogens with zero attached hydrogens (tertiary/aromatic N) is 2. The molecule has 0 aliphatic heterocycles. The zero-order chi connectivity index (χ0) is 14.8. The highest BCUT2D eigenvalue weighted by Gasteiger charge is 2.24. The van der Waals surface area contributed by atoms with Crippen LogP contribution in [0.15, 0.2) is 22.6 Å². The van der Waals surface area contributed by atoms with Crippen molar-refractivity contribution in [2.45, 2.75) is 52.1 Å². The number of hydrogen-bond donors (Lipinski definition) is 1. The predicted octanol–water partition coefficient (Wildman–Crippen LogP) is 3.81. The van der Waals surface area contributed by atoms with Gasteiger partial charge in [0.25, 0.3) is 0 Å². The van der Waals surface area contributed by atoms with Crippen molar-refractivity contribution < 1.29 is 4.42 Å². The lowest BCUT2D eigenvalue weighted by atomic mass is 10.1. The molecule has 0 radical (unpaired) electrons. The minimum Gasteiger partial charge on any atom is -0.439 e. The van der Waals surface area contributed by atoms with Gasteiger partial charge in [0, 0.05) is 12.6 Å². The molecule has 1 aliphatic carbocycles. The van der Waals surface area contributed by atoms with Crippen LogP contribution < -0.4 is 5.73 Å². The molecule has 0 atom stereocenters. The van der Waals surface area contributed by atoms with Gasteiger partial charge in [-0.3, -0.25) is 4.90 Å². The minimum atomic E-state index is 0.653. The Balaban J connectivity index is 1.81. The number of rotatable bonds is 5. The summed E-state index contributed by atoms with van der Waals surface area (Å²) in [7, 11) is 0. The molecule has 1 heterocycles. The molecular formula is C17H25N3O. The van der Waals surface area contributed by atoms with Crippen LogP contribution in [-0.2, 0) is 6.54 Å². The van der Waals surface area contributed by atoms with E-state index in [9.17, 15) is 0 Å². The van der Waals surface area contributed by atoms with Crippen molar-refractivity contribution in [2.75, 3.05) is 12.3 Å². The molecule has 1 fully saturated rings. The molecule has 2 aromatic rings. The molecule has 2 N–H and O–H groups in total. The van der Waals surface area contributed by atoms with Gasteiger partial charge < -0.3 is 10.2 Å². The number of para-hydroxylation sites is 1. The van der Waals surface area contributed by atoms with E-state index in [2.05, 4.69) is 23.7 Å². The maximum Gasteiger partial charge on any atom is 0.209 e. The van der Waals surface area contributed by atoms with Crippen molar-refractivity contribution in [1.82, 2.24) is 9.88 Å². The summed E-state index contributed by atoms with van der Waals surface area (Å²) in [4.78, 5) is 7.14. The molecule has 114 valence electrons. The third-order valence-corrected chi connectivity index (χ3v) is 4.27. The van der Waals surface area contributed by atoms with E-state index in [4.69, 9.17) is 10.2 Å². The zero-order valence-electron chi connectivity index (χ0n) is 13.0. The highest BCUT2D eigenvalue weighted by Crippen LogP contribution is 2.27. The van der Waals surface area contributed by atoms with Crippen molar-refractivity contribution in [1.29, 1.82) is 0 Å². The first kappa shape index (κ1) is 14.4. The van der Waals surface area contributed by atoms with Crippen LogP contribution >= 0.6 is 0 Å². The van der Waals surface area contributed by atoms with Gasteiger partial charge >= 0.3 is 0 Å². The summed E-state index contributed by atoms with van der Waals surface area (Å²) < 4.78 is 5.89. The van der Waals surface area contributed by atoms with Gasteiger partial charge in [0.05, 0.1) is 12.2 Å². The third kappa shape index (κ3) is 3.21. The number of hydrogen-bond acceptors (Lipinski definition) is 4. The van der Waals surface area contributed by atoms with Gasteiger partial charge in [0.2, 0.25) is 5.89 Å². The molecule has 0 unspecified atom stereocenters. The summed E-state index contributed by atoms with van der Waals surface area (Å²) in [5.41, 5.74) is 8.25. The highest BCUT2D eigenvalue weighted by atomic mass is 16.3. The molecule has 1 aromatic carbocycles. The molecule has 0 spiro atoms. The van der Waals surface area contributed by atoms with Crippen LogP contribution in [0.5, 0.6) is 0 Å². The quantitative estimate of drug-likeness (QED) is 0.850. The number of benzene rings is 1. The molecule has 4 nitrogen and oxygen atoms in total. The van der Waals surface area contributed by atoms with Gasteiger partial charge in [-0.25, -0.2) is 4.98 Å². The van der Waals surface area contributed by atoms with Gasteiger partial charge in [-0.1, -0.05) is 32.8 Å². The third-order valence-electron chi connectivity index (χ3n) is 4.27. The van der Waals surface area contributed by atoms with Gasteiger partial charge in [-0.05, 0) is 30.9 Å². The second kappa shape index (κ2) is 6.06. The molecule has 21 heavy (non-hydrogen) atoms. The van der Waals surface area contributed by atoms with Crippen LogP contribution in [0, 0.1) is 5.92 Å². The van der Waals surface area contributed by atoms with Gasteiger partial charge in [-0.2, -0.15) is 0 Å². The Morgan fingerprint density at radius 1 is 1.33 bits per heavy atom. The normalized spacial score (nSPS) is 16.6. The summed E-state index contributed by atoms with van der Waals surface area (Å²) >= 11 is 0. The lowest BCUT2D eigenvalue weighted by Crippen LogP contribution is -2.35. The molecule has 0 saturated heterocycles. The summed E-state index contributed by atoms with van der Waals surface area (Å²) in [5, 5.41) is 0. The minimum absolute atomic E-state index is 0.653. The number of oxazole rings is 1. The molecular weight excluding hydrogens is 262 g/mol. The first-order valence-electron chi connectivity index (χ1n) is 8.01. The Morgan fingerprint density at radius 2 is 2.10 bits per heavy atom. The average Bonchev–Trinajstić information content (AvgIpc) is 3.06. The zero-order valence-corrected chi connectivity index (χ0v) is 13.0. The Hall–Kier alpha value is -1.55. The van der Waals surface area contributed by atoms with Gasteiger partial charge in [0.1, 0.15) is 5.52 Å². The second-order valence-corrected chi connectivity index (χ2v) is 6.56. The number of fused-ring (bicyclic) bond motifs is 1. The number of nitrogen functional groups attached to an aromatic ring is 1. The Labute approximate surface area is 126 Å². The number of aromatic nitrogens is 1. The monoisotopic (exact) mass is 287 g/mol. The van der Waals surface area contributed by atoms with Crippen LogP contribution in [0.2, 0.25) is 0 Å². The van der Waals surface area contributed by atoms with Crippen molar-refractivity contribution in [3.8, 4) is 0 Å². The molecule has 1 saturated carbocycles. The summed E-state index contributed by atoms with van der Waals surface area (Å²) in [6.45, 7) is 6.42. The Bertz CT molecular complexity index is 599. The number of nitrogens with two attached hydrogens (primary N) is 1. The molecule has 3 rings (SSSR count). The van der Waals surface area contributed by atoms with E-state index in [-0.39, 0.29) is 0 Å². The van der Waals surface area contributed by atoms with Crippen LogP contribution in [0.25, 0.3) is 11.1 Å². The molecule has 0 amide bonds. The van der Waals surface area contributed by atoms with E-state index in [1.165, 1.54) is 25.7 Å². The van der Waals surface area contributed by atoms with Crippen molar-refractivity contribution >= 4 is 16.8 Å². The average molecular weight is 287 g/mol. The molecule has 4 heteroatoms. The van der Waals surface area contributed by atoms with E-state index in [0.29, 0.717) is 17.6 Å². The van der Waals surface area contributed by atoms with E-state index in [0.717, 1.165) is 30.1 Å². The SMILES string of the molecule is CC(C)CN(Cc1nc2c(N)cccc2o1)C1CCCC1. The van der Waals surface area contributed by atoms with E-state index >= 15 is 0 Å². The van der Waals surface area contributed by atoms with E-state index in [1.54, 1.807) is 0 Å². The Morgan fingerprint density at radius 3 is 2.76 bits per heavy atom. The van der Waals surface area contributed by atoms with Crippen LogP contribution in [0.4, 0.5) is 5.69 Å². The first-order chi connectivity index (χ1) is 10.1. The molecule has 1 aliphatic rings. The van der Waals surface area contributed by atoms with Crippen LogP contribution in [0.3, 0.4) is 0 Å². The predicted molar refractivity (Wildman–Crippen MR) is 85.9 cm³/mol. The first-order valence-corrected chi connectivity index (χ1v) is 8.01. The van der Waals surface area contributed by atoms with Gasteiger partial charge in [-0.15, -0.1) is 0 Å². The summed E-state index contributed by atoms with van der Waals surface area (Å²) in [6.07, 6.45) is 5.30. The smallest absolute Gasteiger partial charge is 0.209 e. The highest BCUT2D eigenvalue weighted by molar-refractivity contribution is 5.85. The summed E-state index contributed by atoms with van der Waals surface area (Å²) in [5.74, 6) is 1.44. The molecule has 1 aromatic heterocycles. The van der Waals surface area contributed by atoms with Crippen molar-refractivity contribution in [3.63, 3.8) is 0 Å². The Kier molecular flexibility index (Phi) is 4.15. The number of anilines is 1. The largest absolute Gasteiger partial charge is 0.439 e. The maximum atomic E-state index is 5.97. The van der Waals surface area contributed by atoms with E-state index in [1.807, 2.05) is 18.2 Å². The van der Waals surface area contributed by atoms with Crippen LogP contribution in [-0.4, -0.2) is 22.5 Å². The molecule has 0 bridgehead atoms.